The van der Waals surface area contributed by atoms with Crippen molar-refractivity contribution in [3.63, 3.8) is 0 Å². The average molecular weight is 353 g/mol. The standard InChI is InChI=1S/C13H9Cl2F3N2O2/c1-2-22-12(21)10-11(13(16,17)18)20(6-19-10)9-4-3-7(14)5-8(9)15/h3-6H,2H2,1H3. The fraction of sp³-hybridized carbons (Fsp3) is 0.231. The first-order valence-corrected chi connectivity index (χ1v) is 6.78. The molecule has 0 spiro atoms. The molecule has 0 saturated carbocycles. The van der Waals surface area contributed by atoms with Crippen LogP contribution in [0.5, 0.6) is 0 Å². The highest BCUT2D eigenvalue weighted by Crippen LogP contribution is 2.35. The Morgan fingerprint density at radius 2 is 2.05 bits per heavy atom. The summed E-state index contributed by atoms with van der Waals surface area (Å²) in [5.41, 5.74) is -2.07. The van der Waals surface area contributed by atoms with E-state index < -0.39 is 23.5 Å². The second-order valence-electron chi connectivity index (χ2n) is 4.13. The molecule has 0 unspecified atom stereocenters. The maximum Gasteiger partial charge on any atom is 0.434 e. The van der Waals surface area contributed by atoms with Crippen molar-refractivity contribution in [2.45, 2.75) is 13.1 Å². The van der Waals surface area contributed by atoms with E-state index in [-0.39, 0.29) is 22.3 Å². The van der Waals surface area contributed by atoms with Crippen molar-refractivity contribution in [1.82, 2.24) is 9.55 Å². The van der Waals surface area contributed by atoms with Crippen LogP contribution in [0.1, 0.15) is 23.1 Å². The van der Waals surface area contributed by atoms with Gasteiger partial charge in [-0.1, -0.05) is 23.2 Å². The van der Waals surface area contributed by atoms with Gasteiger partial charge in [0.25, 0.3) is 0 Å². The zero-order valence-corrected chi connectivity index (χ0v) is 12.6. The van der Waals surface area contributed by atoms with Crippen molar-refractivity contribution in [2.24, 2.45) is 0 Å². The lowest BCUT2D eigenvalue weighted by Crippen LogP contribution is -2.18. The minimum absolute atomic E-state index is 0.00133. The SMILES string of the molecule is CCOC(=O)c1ncn(-c2ccc(Cl)cc2Cl)c1C(F)(F)F. The summed E-state index contributed by atoms with van der Waals surface area (Å²) < 4.78 is 45.2. The van der Waals surface area contributed by atoms with Gasteiger partial charge in [-0.3, -0.25) is 4.57 Å². The zero-order chi connectivity index (χ0) is 16.5. The van der Waals surface area contributed by atoms with Gasteiger partial charge in [0.15, 0.2) is 11.4 Å². The Hall–Kier alpha value is -1.73. The van der Waals surface area contributed by atoms with Crippen LogP contribution < -0.4 is 0 Å². The van der Waals surface area contributed by atoms with E-state index >= 15 is 0 Å². The summed E-state index contributed by atoms with van der Waals surface area (Å²) in [4.78, 5) is 15.2. The fourth-order valence-electron chi connectivity index (χ4n) is 1.83. The number of carbonyl (C=O) groups is 1. The molecule has 0 saturated heterocycles. The Bertz CT molecular complexity index is 714. The Kier molecular flexibility index (Phi) is 4.67. The molecule has 0 fully saturated rings. The molecule has 0 radical (unpaired) electrons. The molecule has 0 bridgehead atoms. The molecule has 0 amide bonds. The Morgan fingerprint density at radius 1 is 1.36 bits per heavy atom. The molecule has 2 rings (SSSR count). The highest BCUT2D eigenvalue weighted by Gasteiger charge is 2.41. The molecule has 2 aromatic rings. The average Bonchev–Trinajstić information content (AvgIpc) is 2.83. The van der Waals surface area contributed by atoms with Crippen LogP contribution in [-0.2, 0) is 10.9 Å². The second-order valence-corrected chi connectivity index (χ2v) is 4.97. The molecule has 1 heterocycles. The van der Waals surface area contributed by atoms with E-state index in [0.29, 0.717) is 4.57 Å². The van der Waals surface area contributed by atoms with E-state index in [1.54, 1.807) is 0 Å². The molecular formula is C13H9Cl2F3N2O2. The smallest absolute Gasteiger partial charge is 0.434 e. The first kappa shape index (κ1) is 16.6. The number of ether oxygens (including phenoxy) is 1. The van der Waals surface area contributed by atoms with Crippen molar-refractivity contribution >= 4 is 29.2 Å². The van der Waals surface area contributed by atoms with Crippen LogP contribution in [0.2, 0.25) is 10.0 Å². The van der Waals surface area contributed by atoms with Crippen LogP contribution in [-0.4, -0.2) is 22.1 Å². The maximum absolute atomic E-state index is 13.3. The van der Waals surface area contributed by atoms with E-state index in [1.165, 1.54) is 25.1 Å². The number of nitrogens with zero attached hydrogens (tertiary/aromatic N) is 2. The summed E-state index contributed by atoms with van der Waals surface area (Å²) in [6.45, 7) is 1.42. The minimum Gasteiger partial charge on any atom is -0.461 e. The van der Waals surface area contributed by atoms with E-state index in [2.05, 4.69) is 9.72 Å². The predicted molar refractivity (Wildman–Crippen MR) is 74.5 cm³/mol. The molecule has 1 aromatic heterocycles. The largest absolute Gasteiger partial charge is 0.461 e. The maximum atomic E-state index is 13.3. The van der Waals surface area contributed by atoms with E-state index in [4.69, 9.17) is 23.2 Å². The third-order valence-corrected chi connectivity index (χ3v) is 3.21. The minimum atomic E-state index is -4.82. The van der Waals surface area contributed by atoms with Gasteiger partial charge in [0.1, 0.15) is 6.33 Å². The van der Waals surface area contributed by atoms with Crippen LogP contribution in [0.15, 0.2) is 24.5 Å². The highest BCUT2D eigenvalue weighted by molar-refractivity contribution is 6.35. The van der Waals surface area contributed by atoms with Crippen LogP contribution in [0, 0.1) is 0 Å². The number of imidazole rings is 1. The number of halogens is 5. The summed E-state index contributed by atoms with van der Waals surface area (Å²) in [5.74, 6) is -1.15. The van der Waals surface area contributed by atoms with Gasteiger partial charge in [-0.15, -0.1) is 0 Å². The lowest BCUT2D eigenvalue weighted by molar-refractivity contribution is -0.142. The van der Waals surface area contributed by atoms with Gasteiger partial charge in [0.05, 0.1) is 17.3 Å². The number of rotatable bonds is 3. The van der Waals surface area contributed by atoms with Gasteiger partial charge in [0.2, 0.25) is 0 Å². The molecule has 4 nitrogen and oxygen atoms in total. The summed E-state index contributed by atoms with van der Waals surface area (Å²) in [5, 5.41) is 0.263. The zero-order valence-electron chi connectivity index (χ0n) is 11.1. The van der Waals surface area contributed by atoms with Crippen LogP contribution in [0.4, 0.5) is 13.2 Å². The topological polar surface area (TPSA) is 44.1 Å². The normalized spacial score (nSPS) is 11.5. The van der Waals surface area contributed by atoms with Crippen molar-refractivity contribution in [2.75, 3.05) is 6.61 Å². The number of carbonyl (C=O) groups excluding carboxylic acids is 1. The van der Waals surface area contributed by atoms with Crippen molar-refractivity contribution < 1.29 is 22.7 Å². The van der Waals surface area contributed by atoms with Gasteiger partial charge in [0, 0.05) is 5.02 Å². The van der Waals surface area contributed by atoms with E-state index in [1.807, 2.05) is 0 Å². The lowest BCUT2D eigenvalue weighted by Gasteiger charge is -2.13. The second kappa shape index (κ2) is 6.18. The molecule has 118 valence electrons. The number of aromatic nitrogens is 2. The Labute approximate surface area is 133 Å². The van der Waals surface area contributed by atoms with Gasteiger partial charge >= 0.3 is 12.1 Å². The molecule has 0 aliphatic heterocycles. The number of benzene rings is 1. The summed E-state index contributed by atoms with van der Waals surface area (Å²) in [7, 11) is 0. The predicted octanol–water partition coefficient (Wildman–Crippen LogP) is 4.37. The Balaban J connectivity index is 2.64. The third kappa shape index (κ3) is 3.20. The molecule has 22 heavy (non-hydrogen) atoms. The number of esters is 1. The molecule has 0 aliphatic rings. The van der Waals surface area contributed by atoms with Gasteiger partial charge in [-0.2, -0.15) is 13.2 Å². The summed E-state index contributed by atoms with van der Waals surface area (Å²) in [6.07, 6.45) is -3.95. The van der Waals surface area contributed by atoms with Crippen LogP contribution >= 0.6 is 23.2 Å². The lowest BCUT2D eigenvalue weighted by atomic mass is 10.2. The molecule has 0 N–H and O–H groups in total. The molecule has 0 atom stereocenters. The molecule has 9 heteroatoms. The fourth-order valence-corrected chi connectivity index (χ4v) is 2.33. The molecule has 1 aromatic carbocycles. The molecular weight excluding hydrogens is 344 g/mol. The Morgan fingerprint density at radius 3 is 2.59 bits per heavy atom. The number of hydrogen-bond acceptors (Lipinski definition) is 3. The van der Waals surface area contributed by atoms with Crippen molar-refractivity contribution in [3.8, 4) is 5.69 Å². The summed E-state index contributed by atoms with van der Waals surface area (Å²) >= 11 is 11.6. The number of alkyl halides is 3. The quantitative estimate of drug-likeness (QED) is 0.770. The third-order valence-electron chi connectivity index (χ3n) is 2.67. The summed E-state index contributed by atoms with van der Waals surface area (Å²) in [6, 6.07) is 3.98. The first-order valence-electron chi connectivity index (χ1n) is 6.02. The van der Waals surface area contributed by atoms with Gasteiger partial charge in [-0.05, 0) is 25.1 Å². The van der Waals surface area contributed by atoms with Crippen LogP contribution in [0.3, 0.4) is 0 Å². The van der Waals surface area contributed by atoms with Crippen molar-refractivity contribution in [1.29, 1.82) is 0 Å². The van der Waals surface area contributed by atoms with E-state index in [9.17, 15) is 18.0 Å². The highest BCUT2D eigenvalue weighted by atomic mass is 35.5. The van der Waals surface area contributed by atoms with Gasteiger partial charge < -0.3 is 4.74 Å². The van der Waals surface area contributed by atoms with Gasteiger partial charge in [-0.25, -0.2) is 9.78 Å². The number of hydrogen-bond donors (Lipinski definition) is 0. The van der Waals surface area contributed by atoms with Crippen LogP contribution in [0.25, 0.3) is 5.69 Å². The molecule has 0 aliphatic carbocycles. The van der Waals surface area contributed by atoms with E-state index in [0.717, 1.165) is 6.33 Å². The monoisotopic (exact) mass is 352 g/mol. The first-order chi connectivity index (χ1) is 10.3. The van der Waals surface area contributed by atoms with Crippen molar-refractivity contribution in [3.05, 3.63) is 46.0 Å².